The lowest BCUT2D eigenvalue weighted by atomic mass is 10.1. The lowest BCUT2D eigenvalue weighted by Crippen LogP contribution is -2.46. The van der Waals surface area contributed by atoms with Crippen LogP contribution in [0.15, 0.2) is 30.5 Å². The molecule has 2 aromatic rings. The molecule has 0 aliphatic carbocycles. The Labute approximate surface area is 143 Å². The molecule has 0 bridgehead atoms. The van der Waals surface area contributed by atoms with Crippen molar-refractivity contribution in [3.63, 3.8) is 0 Å². The summed E-state index contributed by atoms with van der Waals surface area (Å²) in [6.07, 6.45) is 3.95. The third-order valence-electron chi connectivity index (χ3n) is 4.45. The summed E-state index contributed by atoms with van der Waals surface area (Å²) in [7, 11) is -3.31. The van der Waals surface area contributed by atoms with Crippen LogP contribution in [0.5, 0.6) is 0 Å². The fraction of sp³-hybridized carbons (Fsp3) is 0.529. The van der Waals surface area contributed by atoms with Crippen LogP contribution in [0, 0.1) is 0 Å². The number of piperazine rings is 1. The van der Waals surface area contributed by atoms with Crippen molar-refractivity contribution in [1.29, 1.82) is 0 Å². The molecule has 0 saturated carbocycles. The van der Waals surface area contributed by atoms with Gasteiger partial charge in [0, 0.05) is 56.4 Å². The highest BCUT2D eigenvalue weighted by molar-refractivity contribution is 7.85. The standard InChI is InChI=1S/C17H25N3O3S/c1-24(21,22)23-12-4-7-19-8-10-20(11-9-19)14-15-13-18-17-6-3-2-5-16(15)17/h2-3,5-6,13,18H,4,7-12,14H2,1H3. The van der Waals surface area contributed by atoms with Crippen LogP contribution in [0.25, 0.3) is 10.9 Å². The minimum atomic E-state index is -3.31. The van der Waals surface area contributed by atoms with E-state index in [0.29, 0.717) is 0 Å². The Morgan fingerprint density at radius 1 is 1.12 bits per heavy atom. The smallest absolute Gasteiger partial charge is 0.264 e. The first-order valence-electron chi connectivity index (χ1n) is 8.35. The summed E-state index contributed by atoms with van der Waals surface area (Å²) >= 11 is 0. The van der Waals surface area contributed by atoms with Crippen molar-refractivity contribution in [1.82, 2.24) is 14.8 Å². The molecule has 0 spiro atoms. The minimum absolute atomic E-state index is 0.272. The molecule has 2 heterocycles. The number of hydrogen-bond acceptors (Lipinski definition) is 5. The Bertz CT molecular complexity index is 764. The number of fused-ring (bicyclic) bond motifs is 1. The van der Waals surface area contributed by atoms with Gasteiger partial charge in [0.2, 0.25) is 0 Å². The number of H-pyrrole nitrogens is 1. The molecule has 132 valence electrons. The SMILES string of the molecule is CS(=O)(=O)OCCCN1CCN(Cc2c[nH]c3ccccc23)CC1. The summed E-state index contributed by atoms with van der Waals surface area (Å²) in [6, 6.07) is 8.40. The summed E-state index contributed by atoms with van der Waals surface area (Å²) in [5, 5.41) is 1.30. The van der Waals surface area contributed by atoms with Gasteiger partial charge in [-0.3, -0.25) is 9.08 Å². The third kappa shape index (κ3) is 4.80. The second-order valence-electron chi connectivity index (χ2n) is 6.36. The summed E-state index contributed by atoms with van der Waals surface area (Å²) in [5.74, 6) is 0. The fourth-order valence-corrected chi connectivity index (χ4v) is 3.59. The molecule has 1 fully saturated rings. The van der Waals surface area contributed by atoms with Crippen molar-refractivity contribution in [2.45, 2.75) is 13.0 Å². The van der Waals surface area contributed by atoms with E-state index in [0.717, 1.165) is 51.9 Å². The third-order valence-corrected chi connectivity index (χ3v) is 5.04. The van der Waals surface area contributed by atoms with E-state index in [4.69, 9.17) is 4.18 Å². The molecule has 7 heteroatoms. The Balaban J connectivity index is 1.42. The molecule has 24 heavy (non-hydrogen) atoms. The van der Waals surface area contributed by atoms with Crippen LogP contribution in [-0.2, 0) is 20.8 Å². The predicted octanol–water partition coefficient (Wildman–Crippen LogP) is 1.65. The Morgan fingerprint density at radius 2 is 1.83 bits per heavy atom. The molecule has 0 atom stereocenters. The van der Waals surface area contributed by atoms with Gasteiger partial charge >= 0.3 is 0 Å². The van der Waals surface area contributed by atoms with Crippen molar-refractivity contribution in [3.05, 3.63) is 36.0 Å². The largest absolute Gasteiger partial charge is 0.361 e. The van der Waals surface area contributed by atoms with E-state index < -0.39 is 10.1 Å². The molecule has 1 aromatic heterocycles. The molecular weight excluding hydrogens is 326 g/mol. The van der Waals surface area contributed by atoms with Crippen LogP contribution in [0.3, 0.4) is 0 Å². The number of nitrogens with one attached hydrogen (secondary N) is 1. The fourth-order valence-electron chi connectivity index (χ4n) is 3.17. The molecule has 3 rings (SSSR count). The number of aromatic amines is 1. The van der Waals surface area contributed by atoms with E-state index >= 15 is 0 Å². The lowest BCUT2D eigenvalue weighted by Gasteiger charge is -2.34. The molecule has 1 aliphatic heterocycles. The highest BCUT2D eigenvalue weighted by Gasteiger charge is 2.17. The maximum Gasteiger partial charge on any atom is 0.264 e. The van der Waals surface area contributed by atoms with Crippen LogP contribution < -0.4 is 0 Å². The number of hydrogen-bond donors (Lipinski definition) is 1. The van der Waals surface area contributed by atoms with Crippen LogP contribution >= 0.6 is 0 Å². The Morgan fingerprint density at radius 3 is 2.58 bits per heavy atom. The monoisotopic (exact) mass is 351 g/mol. The van der Waals surface area contributed by atoms with Gasteiger partial charge in [-0.15, -0.1) is 0 Å². The lowest BCUT2D eigenvalue weighted by molar-refractivity contribution is 0.122. The molecular formula is C17H25N3O3S. The zero-order chi connectivity index (χ0) is 17.0. The quantitative estimate of drug-likeness (QED) is 0.607. The molecule has 1 saturated heterocycles. The van der Waals surface area contributed by atoms with E-state index in [2.05, 4.69) is 45.2 Å². The van der Waals surface area contributed by atoms with Crippen LogP contribution in [0.1, 0.15) is 12.0 Å². The van der Waals surface area contributed by atoms with Gasteiger partial charge in [0.05, 0.1) is 12.9 Å². The van der Waals surface area contributed by atoms with Crippen LogP contribution in [-0.4, -0.2) is 68.8 Å². The van der Waals surface area contributed by atoms with Crippen molar-refractivity contribution >= 4 is 21.0 Å². The van der Waals surface area contributed by atoms with Crippen LogP contribution in [0.2, 0.25) is 0 Å². The average molecular weight is 351 g/mol. The molecule has 0 unspecified atom stereocenters. The highest BCUT2D eigenvalue weighted by atomic mass is 32.2. The van der Waals surface area contributed by atoms with Gasteiger partial charge in [-0.25, -0.2) is 0 Å². The van der Waals surface area contributed by atoms with E-state index in [9.17, 15) is 8.42 Å². The number of benzene rings is 1. The van der Waals surface area contributed by atoms with E-state index in [1.54, 1.807) is 0 Å². The number of para-hydroxylation sites is 1. The normalized spacial score (nSPS) is 17.5. The second kappa shape index (κ2) is 7.65. The predicted molar refractivity (Wildman–Crippen MR) is 95.4 cm³/mol. The van der Waals surface area contributed by atoms with Gasteiger partial charge in [0.1, 0.15) is 0 Å². The number of aromatic nitrogens is 1. The zero-order valence-corrected chi connectivity index (χ0v) is 14.9. The van der Waals surface area contributed by atoms with Gasteiger partial charge in [0.25, 0.3) is 10.1 Å². The Kier molecular flexibility index (Phi) is 5.55. The van der Waals surface area contributed by atoms with Gasteiger partial charge in [0.15, 0.2) is 0 Å². The maximum absolute atomic E-state index is 10.9. The molecule has 0 radical (unpaired) electrons. The average Bonchev–Trinajstić information content (AvgIpc) is 2.95. The second-order valence-corrected chi connectivity index (χ2v) is 8.00. The molecule has 0 amide bonds. The summed E-state index contributed by atoms with van der Waals surface area (Å²) in [4.78, 5) is 8.18. The maximum atomic E-state index is 10.9. The first kappa shape index (κ1) is 17.4. The number of rotatable bonds is 7. The molecule has 1 aliphatic rings. The summed E-state index contributed by atoms with van der Waals surface area (Å²) in [6.45, 7) is 6.22. The van der Waals surface area contributed by atoms with E-state index in [1.165, 1.54) is 16.5 Å². The van der Waals surface area contributed by atoms with Crippen molar-refractivity contribution in [3.8, 4) is 0 Å². The summed E-state index contributed by atoms with van der Waals surface area (Å²) in [5.41, 5.74) is 2.54. The first-order chi connectivity index (χ1) is 11.5. The van der Waals surface area contributed by atoms with Crippen molar-refractivity contribution in [2.24, 2.45) is 0 Å². The van der Waals surface area contributed by atoms with E-state index in [1.807, 2.05) is 0 Å². The topological polar surface area (TPSA) is 65.6 Å². The molecule has 1 aromatic carbocycles. The first-order valence-corrected chi connectivity index (χ1v) is 10.2. The Hall–Kier alpha value is -1.41. The van der Waals surface area contributed by atoms with Gasteiger partial charge in [-0.2, -0.15) is 8.42 Å². The van der Waals surface area contributed by atoms with E-state index in [-0.39, 0.29) is 6.61 Å². The summed E-state index contributed by atoms with van der Waals surface area (Å²) < 4.78 is 26.6. The van der Waals surface area contributed by atoms with Crippen molar-refractivity contribution < 1.29 is 12.6 Å². The molecule has 1 N–H and O–H groups in total. The van der Waals surface area contributed by atoms with Gasteiger partial charge < -0.3 is 9.88 Å². The zero-order valence-electron chi connectivity index (χ0n) is 14.1. The van der Waals surface area contributed by atoms with Crippen LogP contribution in [0.4, 0.5) is 0 Å². The molecule has 6 nitrogen and oxygen atoms in total. The van der Waals surface area contributed by atoms with Gasteiger partial charge in [-0.05, 0) is 18.1 Å². The minimum Gasteiger partial charge on any atom is -0.361 e. The van der Waals surface area contributed by atoms with Gasteiger partial charge in [-0.1, -0.05) is 18.2 Å². The van der Waals surface area contributed by atoms with Crippen molar-refractivity contribution in [2.75, 3.05) is 45.6 Å². The number of nitrogens with zero attached hydrogens (tertiary/aromatic N) is 2. The highest BCUT2D eigenvalue weighted by Crippen LogP contribution is 2.19.